The number of hydrogen-bond donors (Lipinski definition) is 2. The van der Waals surface area contributed by atoms with Gasteiger partial charge in [-0.15, -0.1) is 0 Å². The number of hydrogen-bond acceptors (Lipinski definition) is 2. The Kier molecular flexibility index (Phi) is 7.21. The fourth-order valence-electron chi connectivity index (χ4n) is 2.63. The smallest absolute Gasteiger partial charge is 0.221 e. The molecule has 0 atom stereocenters. The normalized spacial score (nSPS) is 11.2. The second-order valence-corrected chi connectivity index (χ2v) is 6.39. The molecule has 0 aliphatic carbocycles. The molecular formula is C21H28N4O. The molecule has 0 unspecified atom stereocenters. The van der Waals surface area contributed by atoms with Crippen molar-refractivity contribution in [3.8, 4) is 0 Å². The monoisotopic (exact) mass is 352 g/mol. The van der Waals surface area contributed by atoms with E-state index in [0.29, 0.717) is 6.54 Å². The van der Waals surface area contributed by atoms with E-state index in [1.807, 2.05) is 31.3 Å². The summed E-state index contributed by atoms with van der Waals surface area (Å²) in [5.74, 6) is 0.787. The molecule has 2 aromatic carbocycles. The Balaban J connectivity index is 2.07. The second kappa shape index (κ2) is 9.61. The molecule has 5 heteroatoms. The fourth-order valence-corrected chi connectivity index (χ4v) is 2.63. The zero-order valence-corrected chi connectivity index (χ0v) is 16.0. The number of rotatable bonds is 6. The molecular weight excluding hydrogens is 324 g/mol. The van der Waals surface area contributed by atoms with Crippen molar-refractivity contribution >= 4 is 17.6 Å². The quantitative estimate of drug-likeness (QED) is 0.617. The van der Waals surface area contributed by atoms with Crippen LogP contribution in [0.3, 0.4) is 0 Å². The third-order valence-corrected chi connectivity index (χ3v) is 3.90. The summed E-state index contributed by atoms with van der Waals surface area (Å²) in [6.07, 6.45) is 0. The molecule has 0 saturated carbocycles. The van der Waals surface area contributed by atoms with Crippen molar-refractivity contribution in [1.29, 1.82) is 0 Å². The number of aliphatic imine (C=N–C) groups is 1. The van der Waals surface area contributed by atoms with Crippen LogP contribution in [0.5, 0.6) is 0 Å². The number of aryl methyl sites for hydroxylation is 1. The van der Waals surface area contributed by atoms with Crippen LogP contribution in [0, 0.1) is 6.92 Å². The van der Waals surface area contributed by atoms with Crippen LogP contribution < -0.4 is 10.6 Å². The molecule has 2 aromatic rings. The van der Waals surface area contributed by atoms with Crippen molar-refractivity contribution in [3.63, 3.8) is 0 Å². The fraction of sp³-hybridized carbons (Fsp3) is 0.333. The van der Waals surface area contributed by atoms with Crippen molar-refractivity contribution in [2.75, 3.05) is 18.9 Å². The first-order valence-electron chi connectivity index (χ1n) is 8.89. The summed E-state index contributed by atoms with van der Waals surface area (Å²) in [7, 11) is 2.04. The number of carbonyl (C=O) groups excluding carboxylic acids is 1. The molecule has 26 heavy (non-hydrogen) atoms. The standard InChI is InChI=1S/C21H28N4O/c1-5-22-21(25(4)15-18-11-9-16(2)10-12-18)23-14-19-7-6-8-20(13-19)24-17(3)26/h6-13H,5,14-15H2,1-4H3,(H,22,23)(H,24,26). The minimum atomic E-state index is -0.0724. The average Bonchev–Trinajstić information content (AvgIpc) is 2.60. The van der Waals surface area contributed by atoms with Crippen molar-refractivity contribution in [3.05, 3.63) is 65.2 Å². The average molecular weight is 352 g/mol. The highest BCUT2D eigenvalue weighted by Gasteiger charge is 2.07. The van der Waals surface area contributed by atoms with E-state index in [9.17, 15) is 4.79 Å². The van der Waals surface area contributed by atoms with Gasteiger partial charge in [-0.25, -0.2) is 4.99 Å². The minimum Gasteiger partial charge on any atom is -0.357 e. The van der Waals surface area contributed by atoms with Crippen LogP contribution >= 0.6 is 0 Å². The first-order chi connectivity index (χ1) is 12.5. The molecule has 0 aliphatic heterocycles. The van der Waals surface area contributed by atoms with Gasteiger partial charge in [0.1, 0.15) is 0 Å². The molecule has 0 spiro atoms. The zero-order valence-electron chi connectivity index (χ0n) is 16.0. The Morgan fingerprint density at radius 1 is 1.12 bits per heavy atom. The Bertz CT molecular complexity index is 753. The highest BCUT2D eigenvalue weighted by Crippen LogP contribution is 2.12. The van der Waals surface area contributed by atoms with E-state index in [0.717, 1.165) is 30.3 Å². The first-order valence-corrected chi connectivity index (χ1v) is 8.89. The number of amides is 1. The number of benzene rings is 2. The van der Waals surface area contributed by atoms with Gasteiger partial charge in [0.2, 0.25) is 5.91 Å². The molecule has 0 fully saturated rings. The third kappa shape index (κ3) is 6.24. The van der Waals surface area contributed by atoms with Crippen LogP contribution in [0.2, 0.25) is 0 Å². The molecule has 1 amide bonds. The van der Waals surface area contributed by atoms with E-state index in [2.05, 4.69) is 53.6 Å². The van der Waals surface area contributed by atoms with Gasteiger partial charge in [0.05, 0.1) is 6.54 Å². The largest absolute Gasteiger partial charge is 0.357 e. The van der Waals surface area contributed by atoms with Gasteiger partial charge in [-0.3, -0.25) is 4.79 Å². The molecule has 5 nitrogen and oxygen atoms in total. The van der Waals surface area contributed by atoms with Gasteiger partial charge >= 0.3 is 0 Å². The maximum atomic E-state index is 11.2. The number of guanidine groups is 1. The van der Waals surface area contributed by atoms with Crippen LogP contribution in [-0.4, -0.2) is 30.4 Å². The molecule has 0 aliphatic rings. The summed E-state index contributed by atoms with van der Waals surface area (Å²) in [4.78, 5) is 18.1. The summed E-state index contributed by atoms with van der Waals surface area (Å²) < 4.78 is 0. The van der Waals surface area contributed by atoms with E-state index < -0.39 is 0 Å². The van der Waals surface area contributed by atoms with Gasteiger partial charge in [-0.2, -0.15) is 0 Å². The van der Waals surface area contributed by atoms with Gasteiger partial charge < -0.3 is 15.5 Å². The van der Waals surface area contributed by atoms with Crippen molar-refractivity contribution in [1.82, 2.24) is 10.2 Å². The number of nitrogens with zero attached hydrogens (tertiary/aromatic N) is 2. The summed E-state index contributed by atoms with van der Waals surface area (Å²) in [5, 5.41) is 6.14. The Hall–Kier alpha value is -2.82. The van der Waals surface area contributed by atoms with Crippen LogP contribution in [-0.2, 0) is 17.9 Å². The molecule has 0 aromatic heterocycles. The van der Waals surface area contributed by atoms with E-state index in [-0.39, 0.29) is 5.91 Å². The van der Waals surface area contributed by atoms with Gasteiger partial charge in [0.15, 0.2) is 5.96 Å². The summed E-state index contributed by atoms with van der Waals surface area (Å²) in [6, 6.07) is 16.3. The molecule has 0 heterocycles. The highest BCUT2D eigenvalue weighted by molar-refractivity contribution is 5.88. The lowest BCUT2D eigenvalue weighted by atomic mass is 10.1. The topological polar surface area (TPSA) is 56.7 Å². The summed E-state index contributed by atoms with van der Waals surface area (Å²) in [6.45, 7) is 7.81. The lowest BCUT2D eigenvalue weighted by Crippen LogP contribution is -2.38. The second-order valence-electron chi connectivity index (χ2n) is 6.39. The van der Waals surface area contributed by atoms with E-state index in [1.165, 1.54) is 18.1 Å². The molecule has 0 saturated heterocycles. The van der Waals surface area contributed by atoms with Gasteiger partial charge in [-0.05, 0) is 37.1 Å². The van der Waals surface area contributed by atoms with E-state index >= 15 is 0 Å². The molecule has 0 radical (unpaired) electrons. The van der Waals surface area contributed by atoms with E-state index in [1.54, 1.807) is 0 Å². The predicted molar refractivity (Wildman–Crippen MR) is 108 cm³/mol. The van der Waals surface area contributed by atoms with Crippen LogP contribution in [0.1, 0.15) is 30.5 Å². The van der Waals surface area contributed by atoms with Crippen LogP contribution in [0.15, 0.2) is 53.5 Å². The third-order valence-electron chi connectivity index (χ3n) is 3.90. The van der Waals surface area contributed by atoms with Gasteiger partial charge in [0.25, 0.3) is 0 Å². The highest BCUT2D eigenvalue weighted by atomic mass is 16.1. The molecule has 2 rings (SSSR count). The van der Waals surface area contributed by atoms with Crippen molar-refractivity contribution in [2.24, 2.45) is 4.99 Å². The first kappa shape index (κ1) is 19.5. The van der Waals surface area contributed by atoms with Crippen LogP contribution in [0.25, 0.3) is 0 Å². The molecule has 138 valence electrons. The minimum absolute atomic E-state index is 0.0724. The maximum Gasteiger partial charge on any atom is 0.221 e. The Morgan fingerprint density at radius 3 is 2.50 bits per heavy atom. The zero-order chi connectivity index (χ0) is 18.9. The van der Waals surface area contributed by atoms with E-state index in [4.69, 9.17) is 4.99 Å². The lowest BCUT2D eigenvalue weighted by Gasteiger charge is -2.22. The predicted octanol–water partition coefficient (Wildman–Crippen LogP) is 3.55. The number of nitrogens with one attached hydrogen (secondary N) is 2. The summed E-state index contributed by atoms with van der Waals surface area (Å²) in [5.41, 5.74) is 4.35. The van der Waals surface area contributed by atoms with Crippen molar-refractivity contribution in [2.45, 2.75) is 33.9 Å². The Labute approximate surface area is 156 Å². The van der Waals surface area contributed by atoms with Crippen molar-refractivity contribution < 1.29 is 4.79 Å². The lowest BCUT2D eigenvalue weighted by molar-refractivity contribution is -0.114. The SMILES string of the molecule is CCNC(=NCc1cccc(NC(C)=O)c1)N(C)Cc1ccc(C)cc1. The number of anilines is 1. The van der Waals surface area contributed by atoms with Gasteiger partial charge in [-0.1, -0.05) is 42.0 Å². The molecule has 2 N–H and O–H groups in total. The summed E-state index contributed by atoms with van der Waals surface area (Å²) >= 11 is 0. The molecule has 0 bridgehead atoms. The number of carbonyl (C=O) groups is 1. The Morgan fingerprint density at radius 2 is 1.85 bits per heavy atom. The maximum absolute atomic E-state index is 11.2. The van der Waals surface area contributed by atoms with Gasteiger partial charge in [0, 0.05) is 32.7 Å². The van der Waals surface area contributed by atoms with Crippen LogP contribution in [0.4, 0.5) is 5.69 Å².